The predicted octanol–water partition coefficient (Wildman–Crippen LogP) is 4.01. The summed E-state index contributed by atoms with van der Waals surface area (Å²) in [4.78, 5) is 2.61. The molecule has 0 atom stereocenters. The number of rotatable bonds is 9. The first-order valence-corrected chi connectivity index (χ1v) is 13.7. The molecular formula is C23H38BrN3O3S. The smallest absolute Gasteiger partial charge is 0.281 e. The summed E-state index contributed by atoms with van der Waals surface area (Å²) in [6.07, 6.45) is 8.04. The van der Waals surface area contributed by atoms with Gasteiger partial charge in [-0.3, -0.25) is 0 Å². The van der Waals surface area contributed by atoms with Crippen LogP contribution in [0, 0.1) is 11.8 Å². The van der Waals surface area contributed by atoms with E-state index in [9.17, 15) is 8.42 Å². The maximum absolute atomic E-state index is 12.2. The Balaban J connectivity index is 1.33. The van der Waals surface area contributed by atoms with Crippen LogP contribution >= 0.6 is 15.9 Å². The first-order chi connectivity index (χ1) is 14.8. The lowest BCUT2D eigenvalue weighted by molar-refractivity contribution is 0.173. The summed E-state index contributed by atoms with van der Waals surface area (Å²) in [5.74, 6) is 2.33. The summed E-state index contributed by atoms with van der Waals surface area (Å²) in [5.41, 5.74) is 1.35. The molecule has 8 heteroatoms. The second kappa shape index (κ2) is 11.5. The van der Waals surface area contributed by atoms with Crippen molar-refractivity contribution in [1.29, 1.82) is 0 Å². The highest BCUT2D eigenvalue weighted by Gasteiger charge is 2.29. The van der Waals surface area contributed by atoms with Crippen molar-refractivity contribution in [2.45, 2.75) is 44.9 Å². The van der Waals surface area contributed by atoms with Gasteiger partial charge < -0.3 is 9.64 Å². The van der Waals surface area contributed by atoms with Gasteiger partial charge in [-0.25, -0.2) is 0 Å². The molecule has 0 unspecified atom stereocenters. The van der Waals surface area contributed by atoms with E-state index in [1.807, 2.05) is 6.07 Å². The Labute approximate surface area is 197 Å². The molecule has 0 saturated carbocycles. The fourth-order valence-corrected chi connectivity index (χ4v) is 6.37. The molecule has 3 rings (SSSR count). The van der Waals surface area contributed by atoms with Gasteiger partial charge in [-0.1, -0.05) is 15.9 Å². The molecule has 176 valence electrons. The minimum Gasteiger partial charge on any atom is -0.497 e. The number of methoxy groups -OCH3 is 1. The Kier molecular flexibility index (Phi) is 9.22. The third-order valence-electron chi connectivity index (χ3n) is 6.92. The Bertz CT molecular complexity index is 802. The van der Waals surface area contributed by atoms with E-state index in [0.717, 1.165) is 30.9 Å². The van der Waals surface area contributed by atoms with Gasteiger partial charge >= 0.3 is 0 Å². The van der Waals surface area contributed by atoms with Crippen molar-refractivity contribution in [1.82, 2.24) is 13.5 Å². The third-order valence-corrected chi connectivity index (χ3v) is 9.63. The minimum absolute atomic E-state index is 0.663. The second-order valence-corrected chi connectivity index (χ2v) is 12.2. The van der Waals surface area contributed by atoms with Gasteiger partial charge in [0.15, 0.2) is 0 Å². The Morgan fingerprint density at radius 1 is 1.06 bits per heavy atom. The number of ether oxygens (including phenoxy) is 1. The van der Waals surface area contributed by atoms with E-state index in [2.05, 4.69) is 33.0 Å². The quantitative estimate of drug-likeness (QED) is 0.498. The van der Waals surface area contributed by atoms with Gasteiger partial charge in [-0.2, -0.15) is 17.0 Å². The van der Waals surface area contributed by atoms with E-state index in [4.69, 9.17) is 4.74 Å². The van der Waals surface area contributed by atoms with Crippen LogP contribution in [0.15, 0.2) is 22.7 Å². The lowest BCUT2D eigenvalue weighted by Gasteiger charge is -2.34. The van der Waals surface area contributed by atoms with E-state index in [0.29, 0.717) is 19.0 Å². The maximum atomic E-state index is 12.2. The van der Waals surface area contributed by atoms with Gasteiger partial charge in [0.2, 0.25) is 0 Å². The molecule has 2 aliphatic rings. The standard InChI is InChI=1S/C23H38BrN3O3S/c1-25(2)31(28,29)27-15-10-19(11-16-27)5-4-12-26-13-8-20(9-14-26)17-21-18-22(30-3)6-7-23(21)24/h6-7,18-20H,4-5,8-17H2,1-3H3. The summed E-state index contributed by atoms with van der Waals surface area (Å²) < 4.78 is 34.0. The van der Waals surface area contributed by atoms with Crippen LogP contribution in [-0.4, -0.2) is 75.9 Å². The third kappa shape index (κ3) is 6.90. The number of likely N-dealkylation sites (tertiary alicyclic amines) is 1. The van der Waals surface area contributed by atoms with Crippen molar-refractivity contribution in [3.63, 3.8) is 0 Å². The zero-order valence-corrected chi connectivity index (χ0v) is 21.6. The van der Waals surface area contributed by atoms with E-state index in [-0.39, 0.29) is 0 Å². The molecule has 0 bridgehead atoms. The zero-order valence-electron chi connectivity index (χ0n) is 19.2. The molecule has 1 aromatic carbocycles. The summed E-state index contributed by atoms with van der Waals surface area (Å²) >= 11 is 3.69. The molecule has 2 saturated heterocycles. The lowest BCUT2D eigenvalue weighted by Crippen LogP contribution is -2.44. The van der Waals surface area contributed by atoms with Crippen LogP contribution in [0.3, 0.4) is 0 Å². The molecular weight excluding hydrogens is 478 g/mol. The number of hydrogen-bond donors (Lipinski definition) is 0. The van der Waals surface area contributed by atoms with Crippen LogP contribution in [0.5, 0.6) is 5.75 Å². The average Bonchev–Trinajstić information content (AvgIpc) is 2.76. The monoisotopic (exact) mass is 515 g/mol. The fourth-order valence-electron chi connectivity index (χ4n) is 4.82. The molecule has 2 fully saturated rings. The van der Waals surface area contributed by atoms with Crippen molar-refractivity contribution in [3.8, 4) is 5.75 Å². The normalized spacial score (nSPS) is 20.4. The molecule has 1 aromatic rings. The van der Waals surface area contributed by atoms with Gasteiger partial charge in [0.1, 0.15) is 5.75 Å². The summed E-state index contributed by atoms with van der Waals surface area (Å²) in [6, 6.07) is 6.25. The van der Waals surface area contributed by atoms with Crippen LogP contribution in [0.2, 0.25) is 0 Å². The van der Waals surface area contributed by atoms with E-state index < -0.39 is 10.2 Å². The van der Waals surface area contributed by atoms with E-state index >= 15 is 0 Å². The average molecular weight is 517 g/mol. The molecule has 0 amide bonds. The van der Waals surface area contributed by atoms with Crippen molar-refractivity contribution in [2.24, 2.45) is 11.8 Å². The maximum Gasteiger partial charge on any atom is 0.281 e. The highest BCUT2D eigenvalue weighted by Crippen LogP contribution is 2.29. The number of nitrogens with zero attached hydrogens (tertiary/aromatic N) is 3. The molecule has 0 aliphatic carbocycles. The van der Waals surface area contributed by atoms with Crippen LogP contribution < -0.4 is 4.74 Å². The highest BCUT2D eigenvalue weighted by molar-refractivity contribution is 9.10. The summed E-state index contributed by atoms with van der Waals surface area (Å²) in [7, 11) is 1.70. The number of halogens is 1. The first kappa shape index (κ1) is 25.0. The van der Waals surface area contributed by atoms with Gasteiger partial charge in [0.25, 0.3) is 10.2 Å². The highest BCUT2D eigenvalue weighted by atomic mass is 79.9. The minimum atomic E-state index is -3.25. The first-order valence-electron chi connectivity index (χ1n) is 11.5. The topological polar surface area (TPSA) is 53.1 Å². The largest absolute Gasteiger partial charge is 0.497 e. The van der Waals surface area contributed by atoms with E-state index in [1.54, 1.807) is 25.5 Å². The van der Waals surface area contributed by atoms with Crippen LogP contribution in [0.25, 0.3) is 0 Å². The Morgan fingerprint density at radius 2 is 1.71 bits per heavy atom. The van der Waals surface area contributed by atoms with Gasteiger partial charge in [-0.15, -0.1) is 0 Å². The molecule has 6 nitrogen and oxygen atoms in total. The molecule has 0 N–H and O–H groups in total. The zero-order chi connectivity index (χ0) is 22.4. The molecule has 0 radical (unpaired) electrons. The fraction of sp³-hybridized carbons (Fsp3) is 0.739. The molecule has 2 heterocycles. The van der Waals surface area contributed by atoms with Gasteiger partial charge in [-0.05, 0) is 100 Å². The number of hydrogen-bond acceptors (Lipinski definition) is 4. The van der Waals surface area contributed by atoms with Gasteiger partial charge in [0.05, 0.1) is 7.11 Å². The van der Waals surface area contributed by atoms with Crippen LogP contribution in [-0.2, 0) is 16.6 Å². The SMILES string of the molecule is COc1ccc(Br)c(CC2CCN(CCCC3CCN(S(=O)(=O)N(C)C)CC3)CC2)c1. The van der Waals surface area contributed by atoms with E-state index in [1.165, 1.54) is 59.7 Å². The number of benzene rings is 1. The summed E-state index contributed by atoms with van der Waals surface area (Å²) in [5, 5.41) is 0. The lowest BCUT2D eigenvalue weighted by atomic mass is 9.89. The van der Waals surface area contributed by atoms with Crippen molar-refractivity contribution in [3.05, 3.63) is 28.2 Å². The number of piperidine rings is 2. The molecule has 0 aromatic heterocycles. The van der Waals surface area contributed by atoms with Crippen molar-refractivity contribution in [2.75, 3.05) is 53.9 Å². The molecule has 0 spiro atoms. The van der Waals surface area contributed by atoms with Crippen LogP contribution in [0.4, 0.5) is 0 Å². The Morgan fingerprint density at radius 3 is 2.32 bits per heavy atom. The van der Waals surface area contributed by atoms with Crippen molar-refractivity contribution >= 4 is 26.1 Å². The summed E-state index contributed by atoms with van der Waals surface area (Å²) in [6.45, 7) is 4.87. The van der Waals surface area contributed by atoms with Gasteiger partial charge in [0, 0.05) is 31.7 Å². The predicted molar refractivity (Wildman–Crippen MR) is 130 cm³/mol. The van der Waals surface area contributed by atoms with Crippen LogP contribution in [0.1, 0.15) is 44.1 Å². The molecule has 2 aliphatic heterocycles. The second-order valence-electron chi connectivity index (χ2n) is 9.22. The van der Waals surface area contributed by atoms with Crippen molar-refractivity contribution < 1.29 is 13.2 Å². The molecule has 31 heavy (non-hydrogen) atoms. The Hall–Kier alpha value is -0.670.